The Bertz CT molecular complexity index is 721. The first kappa shape index (κ1) is 12.3. The molecule has 2 N–H and O–H groups in total. The third kappa shape index (κ3) is 2.51. The Morgan fingerprint density at radius 2 is 2.05 bits per heavy atom. The van der Waals surface area contributed by atoms with Crippen LogP contribution in [0.15, 0.2) is 42.7 Å². The van der Waals surface area contributed by atoms with E-state index < -0.39 is 0 Å². The van der Waals surface area contributed by atoms with Crippen LogP contribution in [0.25, 0.3) is 22.4 Å². The van der Waals surface area contributed by atoms with Crippen molar-refractivity contribution >= 4 is 17.4 Å². The summed E-state index contributed by atoms with van der Waals surface area (Å²) in [7, 11) is 0. The van der Waals surface area contributed by atoms with Crippen LogP contribution < -0.4 is 5.32 Å². The third-order valence-electron chi connectivity index (χ3n) is 3.14. The number of H-pyrrole nitrogens is 1. The van der Waals surface area contributed by atoms with Crippen LogP contribution in [0.2, 0.25) is 0 Å². The van der Waals surface area contributed by atoms with Crippen molar-refractivity contribution in [1.82, 2.24) is 20.3 Å². The number of carbonyl (C=O) groups is 1. The maximum Gasteiger partial charge on any atom is 0.207 e. The van der Waals surface area contributed by atoms with E-state index in [-0.39, 0.29) is 0 Å². The second kappa shape index (κ2) is 5.52. The highest BCUT2D eigenvalue weighted by Crippen LogP contribution is 2.20. The fraction of sp³-hybridized carbons (Fsp3) is 0.133. The number of aromatic amines is 1. The van der Waals surface area contributed by atoms with E-state index in [0.717, 1.165) is 40.8 Å². The first-order chi connectivity index (χ1) is 9.86. The van der Waals surface area contributed by atoms with Gasteiger partial charge in [-0.05, 0) is 36.2 Å². The summed E-state index contributed by atoms with van der Waals surface area (Å²) in [6.07, 6.45) is 5.02. The van der Waals surface area contributed by atoms with Gasteiger partial charge in [0.25, 0.3) is 0 Å². The van der Waals surface area contributed by atoms with Gasteiger partial charge in [0.15, 0.2) is 0 Å². The fourth-order valence-electron chi connectivity index (χ4n) is 2.13. The molecule has 0 aliphatic rings. The van der Waals surface area contributed by atoms with Crippen LogP contribution in [0.1, 0.15) is 5.56 Å². The molecule has 0 bridgehead atoms. The van der Waals surface area contributed by atoms with E-state index in [0.29, 0.717) is 6.54 Å². The molecular weight excluding hydrogens is 252 g/mol. The minimum absolute atomic E-state index is 0.639. The van der Waals surface area contributed by atoms with Crippen molar-refractivity contribution in [2.45, 2.75) is 6.42 Å². The SMILES string of the molecule is O=CNCCc1ccc2nc(-c3ccncc3)[nH]c2c1. The smallest absolute Gasteiger partial charge is 0.207 e. The zero-order valence-corrected chi connectivity index (χ0v) is 10.8. The van der Waals surface area contributed by atoms with Crippen LogP contribution in [0.3, 0.4) is 0 Å². The van der Waals surface area contributed by atoms with Crippen molar-refractivity contribution in [3.05, 3.63) is 48.3 Å². The van der Waals surface area contributed by atoms with Crippen LogP contribution in [-0.4, -0.2) is 27.9 Å². The Labute approximate surface area is 116 Å². The van der Waals surface area contributed by atoms with Crippen molar-refractivity contribution in [1.29, 1.82) is 0 Å². The number of amides is 1. The normalized spacial score (nSPS) is 10.6. The zero-order chi connectivity index (χ0) is 13.8. The Hall–Kier alpha value is -2.69. The van der Waals surface area contributed by atoms with Gasteiger partial charge in [0, 0.05) is 24.5 Å². The number of nitrogens with one attached hydrogen (secondary N) is 2. The van der Waals surface area contributed by atoms with Crippen LogP contribution >= 0.6 is 0 Å². The molecule has 1 amide bonds. The van der Waals surface area contributed by atoms with Crippen molar-refractivity contribution < 1.29 is 4.79 Å². The Balaban J connectivity index is 1.89. The molecule has 0 aliphatic carbocycles. The molecule has 0 radical (unpaired) electrons. The monoisotopic (exact) mass is 266 g/mol. The molecule has 0 spiro atoms. The second-order valence-electron chi connectivity index (χ2n) is 4.49. The van der Waals surface area contributed by atoms with Crippen LogP contribution in [0.5, 0.6) is 0 Å². The molecule has 2 heterocycles. The van der Waals surface area contributed by atoms with Gasteiger partial charge in [-0.3, -0.25) is 9.78 Å². The fourth-order valence-corrected chi connectivity index (χ4v) is 2.13. The Morgan fingerprint density at radius 1 is 1.20 bits per heavy atom. The number of carbonyl (C=O) groups excluding carboxylic acids is 1. The van der Waals surface area contributed by atoms with E-state index in [1.165, 1.54) is 0 Å². The number of fused-ring (bicyclic) bond motifs is 1. The maximum absolute atomic E-state index is 10.2. The van der Waals surface area contributed by atoms with Crippen molar-refractivity contribution in [2.24, 2.45) is 0 Å². The van der Waals surface area contributed by atoms with Gasteiger partial charge in [-0.1, -0.05) is 6.07 Å². The summed E-state index contributed by atoms with van der Waals surface area (Å²) in [6, 6.07) is 9.94. The van der Waals surface area contributed by atoms with Gasteiger partial charge in [0.2, 0.25) is 6.41 Å². The van der Waals surface area contributed by atoms with Gasteiger partial charge in [0.1, 0.15) is 5.82 Å². The molecule has 0 aliphatic heterocycles. The van der Waals surface area contributed by atoms with Gasteiger partial charge in [-0.15, -0.1) is 0 Å². The summed E-state index contributed by atoms with van der Waals surface area (Å²) in [6.45, 7) is 0.639. The number of benzene rings is 1. The van der Waals surface area contributed by atoms with Crippen LogP contribution in [-0.2, 0) is 11.2 Å². The molecule has 20 heavy (non-hydrogen) atoms. The standard InChI is InChI=1S/C15H14N4O/c20-10-17-6-3-11-1-2-13-14(9-11)19-15(18-13)12-4-7-16-8-5-12/h1-2,4-5,7-10H,3,6H2,(H,17,20)(H,18,19). The Morgan fingerprint density at radius 3 is 2.85 bits per heavy atom. The first-order valence-electron chi connectivity index (χ1n) is 6.43. The first-order valence-corrected chi connectivity index (χ1v) is 6.43. The molecule has 3 aromatic rings. The minimum atomic E-state index is 0.639. The summed E-state index contributed by atoms with van der Waals surface area (Å²) in [5.41, 5.74) is 4.11. The number of imidazole rings is 1. The minimum Gasteiger partial charge on any atom is -0.358 e. The van der Waals surface area contributed by atoms with E-state index in [1.807, 2.05) is 24.3 Å². The highest BCUT2D eigenvalue weighted by molar-refractivity contribution is 5.79. The molecule has 0 atom stereocenters. The van der Waals surface area contributed by atoms with E-state index in [1.54, 1.807) is 12.4 Å². The number of hydrogen-bond acceptors (Lipinski definition) is 3. The summed E-state index contributed by atoms with van der Waals surface area (Å²) in [5.74, 6) is 0.838. The second-order valence-corrected chi connectivity index (χ2v) is 4.49. The summed E-state index contributed by atoms with van der Waals surface area (Å²) in [5, 5.41) is 2.66. The lowest BCUT2D eigenvalue weighted by molar-refractivity contribution is -0.109. The predicted molar refractivity (Wildman–Crippen MR) is 77.1 cm³/mol. The molecule has 2 aromatic heterocycles. The molecule has 3 rings (SSSR count). The van der Waals surface area contributed by atoms with Gasteiger partial charge in [-0.25, -0.2) is 4.98 Å². The lowest BCUT2D eigenvalue weighted by Crippen LogP contribution is -2.14. The summed E-state index contributed by atoms with van der Waals surface area (Å²) < 4.78 is 0. The number of nitrogens with zero attached hydrogens (tertiary/aromatic N) is 2. The molecule has 100 valence electrons. The quantitative estimate of drug-likeness (QED) is 0.547. The Kier molecular flexibility index (Phi) is 3.41. The number of rotatable bonds is 5. The average molecular weight is 266 g/mol. The molecule has 5 heteroatoms. The number of pyridine rings is 1. The highest BCUT2D eigenvalue weighted by Gasteiger charge is 2.05. The summed E-state index contributed by atoms with van der Waals surface area (Å²) >= 11 is 0. The van der Waals surface area contributed by atoms with Gasteiger partial charge >= 0.3 is 0 Å². The number of hydrogen-bond donors (Lipinski definition) is 2. The van der Waals surface area contributed by atoms with Crippen molar-refractivity contribution in [3.63, 3.8) is 0 Å². The van der Waals surface area contributed by atoms with Crippen LogP contribution in [0.4, 0.5) is 0 Å². The molecule has 1 aromatic carbocycles. The van der Waals surface area contributed by atoms with E-state index in [9.17, 15) is 4.79 Å². The van der Waals surface area contributed by atoms with E-state index >= 15 is 0 Å². The lowest BCUT2D eigenvalue weighted by Gasteiger charge is -1.99. The van der Waals surface area contributed by atoms with E-state index in [2.05, 4.69) is 26.3 Å². The molecular formula is C15H14N4O. The van der Waals surface area contributed by atoms with Crippen molar-refractivity contribution in [3.8, 4) is 11.4 Å². The predicted octanol–water partition coefficient (Wildman–Crippen LogP) is 1.91. The van der Waals surface area contributed by atoms with E-state index in [4.69, 9.17) is 0 Å². The molecule has 0 fully saturated rings. The largest absolute Gasteiger partial charge is 0.358 e. The van der Waals surface area contributed by atoms with Crippen LogP contribution in [0, 0.1) is 0 Å². The molecule has 0 saturated heterocycles. The van der Waals surface area contributed by atoms with Gasteiger partial charge in [0.05, 0.1) is 11.0 Å². The molecule has 0 saturated carbocycles. The van der Waals surface area contributed by atoms with Gasteiger partial charge < -0.3 is 10.3 Å². The zero-order valence-electron chi connectivity index (χ0n) is 10.8. The van der Waals surface area contributed by atoms with Gasteiger partial charge in [-0.2, -0.15) is 0 Å². The lowest BCUT2D eigenvalue weighted by atomic mass is 10.1. The summed E-state index contributed by atoms with van der Waals surface area (Å²) in [4.78, 5) is 22.1. The van der Waals surface area contributed by atoms with Crippen molar-refractivity contribution in [2.75, 3.05) is 6.54 Å². The molecule has 0 unspecified atom stereocenters. The topological polar surface area (TPSA) is 70.7 Å². The average Bonchev–Trinajstić information content (AvgIpc) is 2.92. The third-order valence-corrected chi connectivity index (χ3v) is 3.14. The highest BCUT2D eigenvalue weighted by atomic mass is 16.1. The molecule has 5 nitrogen and oxygen atoms in total. The maximum atomic E-state index is 10.2. The number of aromatic nitrogens is 3.